The highest BCUT2D eigenvalue weighted by Gasteiger charge is 2.46. The largest absolute Gasteiger partial charge is 0.747 e. The maximum Gasteiger partial charge on any atom is 0.421 e. The Morgan fingerprint density at radius 2 is 1.92 bits per heavy atom. The molecule has 1 aromatic heterocycles. The fraction of sp³-hybridized carbons (Fsp3) is 0.478. The van der Waals surface area contributed by atoms with E-state index in [2.05, 4.69) is 20.6 Å². The molecule has 0 aliphatic carbocycles. The van der Waals surface area contributed by atoms with E-state index in [-0.39, 0.29) is 31.2 Å². The first kappa shape index (κ1) is 28.5. The number of aromatic nitrogens is 2. The number of ether oxygens (including phenoxy) is 1. The molecule has 1 fully saturated rings. The zero-order valence-corrected chi connectivity index (χ0v) is 21.8. The lowest BCUT2D eigenvalue weighted by Gasteiger charge is -2.27. The van der Waals surface area contributed by atoms with Gasteiger partial charge in [0.25, 0.3) is 0 Å². The molecule has 0 saturated carbocycles. The van der Waals surface area contributed by atoms with Crippen molar-refractivity contribution in [1.82, 2.24) is 19.8 Å². The molecule has 4 rings (SSSR count). The molecule has 2 bridgehead atoms. The van der Waals surface area contributed by atoms with Crippen LogP contribution in [0.1, 0.15) is 48.5 Å². The van der Waals surface area contributed by atoms with Crippen molar-refractivity contribution in [3.63, 3.8) is 0 Å². The number of hydrogen-bond acceptors (Lipinski definition) is 10. The number of carbonyl (C=O) groups excluding carboxylic acids is 2. The number of methoxy groups -OCH3 is 1. The Kier molecular flexibility index (Phi) is 7.99. The Morgan fingerprint density at radius 3 is 2.54 bits per heavy atom. The monoisotopic (exact) mass is 571 g/mol. The average molecular weight is 572 g/mol. The molecular formula is C23H26F3N6O6S-. The van der Waals surface area contributed by atoms with Crippen molar-refractivity contribution in [3.8, 4) is 0 Å². The standard InChI is InChI=1S/C23H27F3N6O6S/c1-13(33)31(12-39(35,36)37)11-20(34)32-18-5-6-19(32)16-9-14(3-4-15(16)18)29-22-28-10-17(23(24,25)26)21(30-22)27-7-8-38-2/h3-4,9-10,18-19H,5-8,11-12H2,1-2H3,(H,35,36,37)(H2,27,28,29,30)/p-1/t18-,19+/m1/s1. The summed E-state index contributed by atoms with van der Waals surface area (Å²) in [5.74, 6) is -2.79. The number of hydrogen-bond donors (Lipinski definition) is 2. The molecule has 0 unspecified atom stereocenters. The molecule has 16 heteroatoms. The normalized spacial score (nSPS) is 18.2. The topological polar surface area (TPSA) is 157 Å². The average Bonchev–Trinajstić information content (AvgIpc) is 3.39. The zero-order chi connectivity index (χ0) is 28.5. The van der Waals surface area contributed by atoms with Crippen LogP contribution in [0.2, 0.25) is 0 Å². The van der Waals surface area contributed by atoms with Crippen molar-refractivity contribution >= 4 is 39.4 Å². The predicted octanol–water partition coefficient (Wildman–Crippen LogP) is 2.37. The first-order valence-corrected chi connectivity index (χ1v) is 13.4. The highest BCUT2D eigenvalue weighted by atomic mass is 32.2. The molecule has 3 heterocycles. The molecule has 2 atom stereocenters. The lowest BCUT2D eigenvalue weighted by Crippen LogP contribution is -2.43. The van der Waals surface area contributed by atoms with Gasteiger partial charge in [-0.05, 0) is 36.1 Å². The van der Waals surface area contributed by atoms with Crippen molar-refractivity contribution in [2.75, 3.05) is 43.3 Å². The van der Waals surface area contributed by atoms with E-state index in [0.29, 0.717) is 29.6 Å². The number of alkyl halides is 3. The van der Waals surface area contributed by atoms with E-state index >= 15 is 0 Å². The summed E-state index contributed by atoms with van der Waals surface area (Å²) in [7, 11) is -3.35. The summed E-state index contributed by atoms with van der Waals surface area (Å²) in [6.45, 7) is 0.792. The quantitative estimate of drug-likeness (QED) is 0.321. The number of anilines is 3. The van der Waals surface area contributed by atoms with Gasteiger partial charge in [0.1, 0.15) is 33.9 Å². The minimum atomic E-state index is -4.77. The molecule has 2 aliphatic rings. The molecule has 1 saturated heterocycles. The van der Waals surface area contributed by atoms with Gasteiger partial charge in [0.2, 0.25) is 17.8 Å². The Morgan fingerprint density at radius 1 is 1.23 bits per heavy atom. The second-order valence-corrected chi connectivity index (χ2v) is 10.5. The van der Waals surface area contributed by atoms with Crippen molar-refractivity contribution in [2.24, 2.45) is 0 Å². The third kappa shape index (κ3) is 6.39. The third-order valence-corrected chi connectivity index (χ3v) is 7.14. The van der Waals surface area contributed by atoms with E-state index in [1.165, 1.54) is 7.11 Å². The van der Waals surface area contributed by atoms with Gasteiger partial charge in [0, 0.05) is 32.5 Å². The summed E-state index contributed by atoms with van der Waals surface area (Å²) in [6, 6.07) is 4.59. The van der Waals surface area contributed by atoms with Gasteiger partial charge in [-0.15, -0.1) is 0 Å². The molecule has 0 radical (unpaired) electrons. The van der Waals surface area contributed by atoms with Crippen LogP contribution in [0, 0.1) is 0 Å². The van der Waals surface area contributed by atoms with E-state index in [1.54, 1.807) is 23.1 Å². The minimum absolute atomic E-state index is 0.0742. The molecule has 2 aliphatic heterocycles. The third-order valence-electron chi connectivity index (χ3n) is 6.51. The van der Waals surface area contributed by atoms with Crippen LogP contribution >= 0.6 is 0 Å². The highest BCUT2D eigenvalue weighted by molar-refractivity contribution is 7.85. The molecule has 1 aromatic carbocycles. The van der Waals surface area contributed by atoms with Gasteiger partial charge in [0.05, 0.1) is 18.7 Å². The molecule has 212 valence electrons. The summed E-state index contributed by atoms with van der Waals surface area (Å²) >= 11 is 0. The zero-order valence-electron chi connectivity index (χ0n) is 21.0. The molecule has 2 amide bonds. The Bertz CT molecular complexity index is 1370. The number of nitrogens with one attached hydrogen (secondary N) is 2. The lowest BCUT2D eigenvalue weighted by atomic mass is 9.91. The van der Waals surface area contributed by atoms with Crippen molar-refractivity contribution in [2.45, 2.75) is 38.0 Å². The van der Waals surface area contributed by atoms with E-state index in [1.807, 2.05) is 0 Å². The van der Waals surface area contributed by atoms with Gasteiger partial charge >= 0.3 is 6.18 Å². The SMILES string of the molecule is COCCNc1nc(Nc2ccc3c(c2)[C@@H]2CC[C@H]3N2C(=O)CN(CS(=O)(=O)[O-])C(C)=O)ncc1C(F)(F)F. The van der Waals surface area contributed by atoms with Gasteiger partial charge in [-0.25, -0.2) is 13.4 Å². The second-order valence-electron chi connectivity index (χ2n) is 9.16. The lowest BCUT2D eigenvalue weighted by molar-refractivity contribution is -0.140. The van der Waals surface area contributed by atoms with E-state index in [9.17, 15) is 35.7 Å². The molecule has 2 N–H and O–H groups in total. The highest BCUT2D eigenvalue weighted by Crippen LogP contribution is 2.53. The number of rotatable bonds is 10. The number of carbonyl (C=O) groups is 2. The van der Waals surface area contributed by atoms with Crippen LogP contribution in [0.5, 0.6) is 0 Å². The maximum atomic E-state index is 13.4. The summed E-state index contributed by atoms with van der Waals surface area (Å²) in [4.78, 5) is 35.0. The fourth-order valence-electron chi connectivity index (χ4n) is 4.88. The molecule has 2 aromatic rings. The van der Waals surface area contributed by atoms with Crippen LogP contribution in [0.4, 0.5) is 30.6 Å². The summed E-state index contributed by atoms with van der Waals surface area (Å²) < 4.78 is 78.5. The Hall–Kier alpha value is -3.50. The van der Waals surface area contributed by atoms with E-state index in [0.717, 1.165) is 18.1 Å². The van der Waals surface area contributed by atoms with Crippen LogP contribution in [0.3, 0.4) is 0 Å². The Balaban J connectivity index is 1.53. The summed E-state index contributed by atoms with van der Waals surface area (Å²) in [5, 5.41) is 5.50. The van der Waals surface area contributed by atoms with Crippen LogP contribution in [-0.4, -0.2) is 77.2 Å². The van der Waals surface area contributed by atoms with Gasteiger partial charge in [0.15, 0.2) is 0 Å². The van der Waals surface area contributed by atoms with Crippen molar-refractivity contribution in [3.05, 3.63) is 41.1 Å². The Labute approximate surface area is 222 Å². The van der Waals surface area contributed by atoms with E-state index in [4.69, 9.17) is 4.74 Å². The maximum absolute atomic E-state index is 13.4. The minimum Gasteiger partial charge on any atom is -0.747 e. The number of halogens is 3. The smallest absolute Gasteiger partial charge is 0.421 e. The summed E-state index contributed by atoms with van der Waals surface area (Å²) in [6.07, 6.45) is -2.69. The number of amides is 2. The molecular weight excluding hydrogens is 545 g/mol. The van der Waals surface area contributed by atoms with Crippen LogP contribution in [0.15, 0.2) is 24.4 Å². The second kappa shape index (κ2) is 10.9. The van der Waals surface area contributed by atoms with Gasteiger partial charge in [-0.2, -0.15) is 18.2 Å². The van der Waals surface area contributed by atoms with Gasteiger partial charge in [-0.1, -0.05) is 6.07 Å². The molecule has 12 nitrogen and oxygen atoms in total. The van der Waals surface area contributed by atoms with Crippen LogP contribution < -0.4 is 10.6 Å². The van der Waals surface area contributed by atoms with Gasteiger partial charge < -0.3 is 29.7 Å². The van der Waals surface area contributed by atoms with E-state index < -0.39 is 51.9 Å². The number of benzene rings is 1. The van der Waals surface area contributed by atoms with Crippen molar-refractivity contribution < 1.29 is 40.5 Å². The fourth-order valence-corrected chi connectivity index (χ4v) is 5.54. The summed E-state index contributed by atoms with van der Waals surface area (Å²) in [5.41, 5.74) is 1.14. The number of nitrogens with zero attached hydrogens (tertiary/aromatic N) is 4. The van der Waals surface area contributed by atoms with Crippen LogP contribution in [0.25, 0.3) is 0 Å². The van der Waals surface area contributed by atoms with Crippen molar-refractivity contribution in [1.29, 1.82) is 0 Å². The predicted molar refractivity (Wildman–Crippen MR) is 131 cm³/mol. The van der Waals surface area contributed by atoms with Gasteiger partial charge in [-0.3, -0.25) is 9.59 Å². The first-order chi connectivity index (χ1) is 18.3. The first-order valence-electron chi connectivity index (χ1n) is 11.9. The number of fused-ring (bicyclic) bond motifs is 5. The molecule has 39 heavy (non-hydrogen) atoms. The van der Waals surface area contributed by atoms with Crippen LogP contribution in [-0.2, 0) is 30.6 Å². The molecule has 0 spiro atoms.